The van der Waals surface area contributed by atoms with E-state index in [-0.39, 0.29) is 15.5 Å². The fourth-order valence-electron chi connectivity index (χ4n) is 1.77. The van der Waals surface area contributed by atoms with Gasteiger partial charge in [-0.05, 0) is 48.8 Å². The number of para-hydroxylation sites is 1. The average molecular weight is 341 g/mol. The quantitative estimate of drug-likeness (QED) is 0.924. The number of aromatic hydroxyl groups is 1. The summed E-state index contributed by atoms with van der Waals surface area (Å²) in [4.78, 5) is 0.180. The summed E-state index contributed by atoms with van der Waals surface area (Å²) in [6.45, 7) is 3.06. The molecule has 1 N–H and O–H groups in total. The maximum Gasteiger partial charge on any atom is 0.288 e. The van der Waals surface area contributed by atoms with Gasteiger partial charge in [-0.25, -0.2) is 4.39 Å². The third kappa shape index (κ3) is 3.72. The lowest BCUT2D eigenvalue weighted by molar-refractivity contribution is 0.456. The van der Waals surface area contributed by atoms with Crippen molar-refractivity contribution in [3.63, 3.8) is 0 Å². The van der Waals surface area contributed by atoms with Gasteiger partial charge in [0.25, 0.3) is 10.0 Å². The standard InChI is InChI=1S/C15H16FNO3S2/c1-11-7-9-13(10-8-11)22(19,20)17-21(12(2)16)15-6-4-3-5-14(15)18/h3-10,12,18H,1-2H3/t12-,21-/m0/s1. The first-order chi connectivity index (χ1) is 10.3. The van der Waals surface area contributed by atoms with E-state index in [0.29, 0.717) is 0 Å². The molecule has 0 radical (unpaired) electrons. The van der Waals surface area contributed by atoms with Gasteiger partial charge >= 0.3 is 0 Å². The van der Waals surface area contributed by atoms with Gasteiger partial charge in [0.2, 0.25) is 0 Å². The Morgan fingerprint density at radius 1 is 1.14 bits per heavy atom. The second-order valence-electron chi connectivity index (χ2n) is 4.69. The first-order valence-corrected chi connectivity index (χ1v) is 9.20. The highest BCUT2D eigenvalue weighted by molar-refractivity contribution is 8.00. The second-order valence-corrected chi connectivity index (χ2v) is 8.42. The molecule has 7 heteroatoms. The number of halogens is 1. The minimum absolute atomic E-state index is 0.00618. The predicted molar refractivity (Wildman–Crippen MR) is 85.1 cm³/mol. The number of hydrogen-bond donors (Lipinski definition) is 1. The molecule has 0 aliphatic rings. The van der Waals surface area contributed by atoms with Gasteiger partial charge in [-0.15, -0.1) is 3.77 Å². The zero-order valence-electron chi connectivity index (χ0n) is 12.1. The fraction of sp³-hybridized carbons (Fsp3) is 0.200. The van der Waals surface area contributed by atoms with E-state index in [2.05, 4.69) is 3.77 Å². The molecule has 0 amide bonds. The lowest BCUT2D eigenvalue weighted by Crippen LogP contribution is -2.08. The molecule has 0 saturated carbocycles. The maximum atomic E-state index is 13.9. The molecule has 2 aromatic carbocycles. The fourth-order valence-corrected chi connectivity index (χ4v) is 5.08. The molecule has 0 aliphatic carbocycles. The van der Waals surface area contributed by atoms with Crippen LogP contribution in [0.2, 0.25) is 0 Å². The molecule has 22 heavy (non-hydrogen) atoms. The van der Waals surface area contributed by atoms with Crippen LogP contribution in [0.1, 0.15) is 12.5 Å². The van der Waals surface area contributed by atoms with Crippen LogP contribution in [0, 0.1) is 6.92 Å². The minimum atomic E-state index is -4.00. The molecule has 2 rings (SSSR count). The van der Waals surface area contributed by atoms with Crippen molar-refractivity contribution >= 4 is 20.7 Å². The Bertz CT molecular complexity index is 800. The van der Waals surface area contributed by atoms with E-state index >= 15 is 0 Å². The summed E-state index contributed by atoms with van der Waals surface area (Å²) in [7, 11) is -5.61. The van der Waals surface area contributed by atoms with E-state index < -0.39 is 26.2 Å². The summed E-state index contributed by atoms with van der Waals surface area (Å²) in [6.07, 6.45) is 0. The number of phenols is 1. The zero-order chi connectivity index (χ0) is 16.3. The summed E-state index contributed by atoms with van der Waals surface area (Å²) in [5.74, 6) is -0.168. The molecule has 0 spiro atoms. The van der Waals surface area contributed by atoms with E-state index in [0.717, 1.165) is 5.56 Å². The molecule has 0 aliphatic heterocycles. The van der Waals surface area contributed by atoms with E-state index in [1.165, 1.54) is 31.2 Å². The average Bonchev–Trinajstić information content (AvgIpc) is 2.46. The van der Waals surface area contributed by atoms with E-state index in [1.54, 1.807) is 24.3 Å². The molecule has 0 aromatic heterocycles. The van der Waals surface area contributed by atoms with Gasteiger partial charge in [0, 0.05) is 0 Å². The number of phenolic OH excluding ortho intramolecular Hbond substituents is 1. The van der Waals surface area contributed by atoms with Crippen molar-refractivity contribution in [3.8, 4) is 5.75 Å². The van der Waals surface area contributed by atoms with Crippen molar-refractivity contribution in [2.24, 2.45) is 3.77 Å². The number of nitrogens with zero attached hydrogens (tertiary/aromatic N) is 1. The van der Waals surface area contributed by atoms with Crippen molar-refractivity contribution in [3.05, 3.63) is 54.1 Å². The largest absolute Gasteiger partial charge is 0.507 e. The molecule has 4 nitrogen and oxygen atoms in total. The van der Waals surface area contributed by atoms with Crippen LogP contribution in [-0.4, -0.2) is 19.0 Å². The Balaban J connectivity index is 2.55. The minimum Gasteiger partial charge on any atom is -0.507 e. The number of benzene rings is 2. The molecule has 0 saturated heterocycles. The number of rotatable bonds is 4. The summed E-state index contributed by atoms with van der Waals surface area (Å²) in [5, 5.41) is 9.82. The molecular formula is C15H16FNO3S2. The lowest BCUT2D eigenvalue weighted by Gasteiger charge is -2.11. The Kier molecular flexibility index (Phi) is 4.97. The van der Waals surface area contributed by atoms with Crippen molar-refractivity contribution in [2.45, 2.75) is 29.1 Å². The molecule has 2 atom stereocenters. The van der Waals surface area contributed by atoms with Crippen LogP contribution >= 0.6 is 0 Å². The third-order valence-electron chi connectivity index (χ3n) is 2.90. The molecule has 0 heterocycles. The maximum absolute atomic E-state index is 13.9. The molecule has 2 aromatic rings. The van der Waals surface area contributed by atoms with Crippen molar-refractivity contribution in [1.82, 2.24) is 0 Å². The molecule has 0 unspecified atom stereocenters. The Morgan fingerprint density at radius 3 is 2.27 bits per heavy atom. The molecule has 0 fully saturated rings. The highest BCUT2D eigenvalue weighted by atomic mass is 32.3. The SMILES string of the molecule is Cc1ccc(S(=O)(=O)N=[S@](c2ccccc2O)[C@@H](C)F)cc1. The first-order valence-electron chi connectivity index (χ1n) is 6.51. The number of alkyl halides is 1. The van der Waals surface area contributed by atoms with Crippen molar-refractivity contribution < 1.29 is 17.9 Å². The monoisotopic (exact) mass is 341 g/mol. The normalized spacial score (nSPS) is 14.7. The number of sulfonamides is 1. The number of aryl methyl sites for hydroxylation is 1. The van der Waals surface area contributed by atoms with E-state index in [9.17, 15) is 17.9 Å². The van der Waals surface area contributed by atoms with Crippen LogP contribution < -0.4 is 0 Å². The smallest absolute Gasteiger partial charge is 0.288 e. The summed E-state index contributed by atoms with van der Waals surface area (Å²) in [5.41, 5.74) is -0.619. The van der Waals surface area contributed by atoms with Crippen LogP contribution in [0.15, 0.2) is 62.1 Å². The van der Waals surface area contributed by atoms with Gasteiger partial charge in [-0.3, -0.25) is 0 Å². The summed E-state index contributed by atoms with van der Waals surface area (Å²) >= 11 is 0. The number of hydrogen-bond acceptors (Lipinski definition) is 3. The van der Waals surface area contributed by atoms with Crippen molar-refractivity contribution in [1.29, 1.82) is 0 Å². The van der Waals surface area contributed by atoms with E-state index in [4.69, 9.17) is 0 Å². The van der Waals surface area contributed by atoms with Crippen LogP contribution in [0.3, 0.4) is 0 Å². The molecular weight excluding hydrogens is 325 g/mol. The Hall–Kier alpha value is -1.73. The predicted octanol–water partition coefficient (Wildman–Crippen LogP) is 3.57. The van der Waals surface area contributed by atoms with Crippen LogP contribution in [0.25, 0.3) is 0 Å². The van der Waals surface area contributed by atoms with Gasteiger partial charge in [0.15, 0.2) is 5.50 Å². The van der Waals surface area contributed by atoms with Crippen LogP contribution in [0.4, 0.5) is 4.39 Å². The van der Waals surface area contributed by atoms with Gasteiger partial charge < -0.3 is 5.11 Å². The van der Waals surface area contributed by atoms with Gasteiger partial charge in [0.1, 0.15) is 5.75 Å². The van der Waals surface area contributed by atoms with Crippen LogP contribution in [0.5, 0.6) is 5.75 Å². The van der Waals surface area contributed by atoms with E-state index in [1.807, 2.05) is 6.92 Å². The van der Waals surface area contributed by atoms with Gasteiger partial charge in [-0.1, -0.05) is 29.8 Å². The van der Waals surface area contributed by atoms with Crippen LogP contribution in [-0.2, 0) is 20.7 Å². The van der Waals surface area contributed by atoms with Crippen molar-refractivity contribution in [2.75, 3.05) is 0 Å². The zero-order valence-corrected chi connectivity index (χ0v) is 13.7. The summed E-state index contributed by atoms with van der Waals surface area (Å²) < 4.78 is 42.3. The Labute approximate surface area is 131 Å². The lowest BCUT2D eigenvalue weighted by atomic mass is 10.2. The highest BCUT2D eigenvalue weighted by Crippen LogP contribution is 2.27. The second kappa shape index (κ2) is 6.58. The first kappa shape index (κ1) is 16.6. The summed E-state index contributed by atoms with van der Waals surface area (Å²) in [6, 6.07) is 12.2. The highest BCUT2D eigenvalue weighted by Gasteiger charge is 2.20. The molecule has 0 bridgehead atoms. The Morgan fingerprint density at radius 2 is 1.73 bits per heavy atom. The third-order valence-corrected chi connectivity index (χ3v) is 6.60. The van der Waals surface area contributed by atoms with Gasteiger partial charge in [-0.2, -0.15) is 8.42 Å². The molecule has 118 valence electrons. The van der Waals surface area contributed by atoms with Gasteiger partial charge in [0.05, 0.1) is 9.79 Å². The topological polar surface area (TPSA) is 66.7 Å².